The van der Waals surface area contributed by atoms with Crippen LogP contribution in [0.4, 0.5) is 0 Å². The minimum atomic E-state index is -0.0390. The molecule has 0 unspecified atom stereocenters. The van der Waals surface area contributed by atoms with Crippen LogP contribution in [0.1, 0.15) is 10.6 Å². The summed E-state index contributed by atoms with van der Waals surface area (Å²) in [6.45, 7) is 2.49. The van der Waals surface area contributed by atoms with Crippen LogP contribution in [0.2, 0.25) is 0 Å². The molecule has 7 heteroatoms. The van der Waals surface area contributed by atoms with Crippen LogP contribution in [-0.4, -0.2) is 26.8 Å². The van der Waals surface area contributed by atoms with Gasteiger partial charge in [0.1, 0.15) is 16.2 Å². The number of nitrogens with one attached hydrogen (secondary N) is 1. The standard InChI is InChI=1S/C21H18N4OS2/c1-14-23-19-20(28-14)18(16-10-6-3-7-11-16)24-25-21(19)27-13-17(26)22-12-15-8-4-2-5-9-15/h2-11H,12-13H2,1H3,(H,22,26). The average Bonchev–Trinajstić information content (AvgIpc) is 3.13. The summed E-state index contributed by atoms with van der Waals surface area (Å²) >= 11 is 2.97. The molecule has 0 atom stereocenters. The number of carbonyl (C=O) groups is 1. The molecule has 1 amide bonds. The maximum atomic E-state index is 12.2. The number of carbonyl (C=O) groups excluding carboxylic acids is 1. The van der Waals surface area contributed by atoms with E-state index < -0.39 is 0 Å². The molecule has 1 N–H and O–H groups in total. The van der Waals surface area contributed by atoms with Crippen LogP contribution in [-0.2, 0) is 11.3 Å². The van der Waals surface area contributed by atoms with Gasteiger partial charge in [0.05, 0.1) is 15.5 Å². The second-order valence-electron chi connectivity index (χ2n) is 6.18. The number of hydrogen-bond acceptors (Lipinski definition) is 6. The fourth-order valence-corrected chi connectivity index (χ4v) is 4.53. The van der Waals surface area contributed by atoms with Gasteiger partial charge < -0.3 is 5.32 Å². The van der Waals surface area contributed by atoms with Crippen molar-refractivity contribution in [2.24, 2.45) is 0 Å². The zero-order chi connectivity index (χ0) is 19.3. The molecule has 28 heavy (non-hydrogen) atoms. The fraction of sp³-hybridized carbons (Fsp3) is 0.143. The van der Waals surface area contributed by atoms with Crippen molar-refractivity contribution in [3.05, 3.63) is 71.2 Å². The lowest BCUT2D eigenvalue weighted by Gasteiger charge is -2.06. The molecular formula is C21H18N4OS2. The number of hydrogen-bond donors (Lipinski definition) is 1. The van der Waals surface area contributed by atoms with Crippen molar-refractivity contribution in [3.8, 4) is 11.3 Å². The molecule has 0 saturated heterocycles. The van der Waals surface area contributed by atoms with Crippen LogP contribution in [0.25, 0.3) is 21.5 Å². The summed E-state index contributed by atoms with van der Waals surface area (Å²) in [6.07, 6.45) is 0. The van der Waals surface area contributed by atoms with E-state index in [4.69, 9.17) is 0 Å². The molecule has 0 saturated carbocycles. The van der Waals surface area contributed by atoms with Crippen molar-refractivity contribution < 1.29 is 4.79 Å². The topological polar surface area (TPSA) is 67.8 Å². The highest BCUT2D eigenvalue weighted by Crippen LogP contribution is 2.35. The molecular weight excluding hydrogens is 388 g/mol. The van der Waals surface area contributed by atoms with E-state index in [0.717, 1.165) is 32.0 Å². The molecule has 0 radical (unpaired) electrons. The zero-order valence-corrected chi connectivity index (χ0v) is 16.9. The number of thiazole rings is 1. The van der Waals surface area contributed by atoms with Gasteiger partial charge in [0.15, 0.2) is 0 Å². The summed E-state index contributed by atoms with van der Waals surface area (Å²) in [5, 5.41) is 13.4. The summed E-state index contributed by atoms with van der Waals surface area (Å²) in [4.78, 5) is 16.9. The Morgan fingerprint density at radius 3 is 2.50 bits per heavy atom. The van der Waals surface area contributed by atoms with Crippen molar-refractivity contribution in [2.45, 2.75) is 18.5 Å². The third-order valence-electron chi connectivity index (χ3n) is 4.11. The molecule has 4 rings (SSSR count). The summed E-state index contributed by atoms with van der Waals surface area (Å²) in [6, 6.07) is 19.8. The Bertz CT molecular complexity index is 1100. The first-order valence-corrected chi connectivity index (χ1v) is 10.6. The number of aryl methyl sites for hydroxylation is 1. The van der Waals surface area contributed by atoms with Crippen LogP contribution >= 0.6 is 23.1 Å². The highest BCUT2D eigenvalue weighted by atomic mass is 32.2. The quantitative estimate of drug-likeness (QED) is 0.479. The molecule has 0 bridgehead atoms. The Hall–Kier alpha value is -2.77. The molecule has 4 aromatic rings. The highest BCUT2D eigenvalue weighted by Gasteiger charge is 2.16. The minimum absolute atomic E-state index is 0.0390. The molecule has 2 aromatic heterocycles. The molecule has 0 fully saturated rings. The van der Waals surface area contributed by atoms with E-state index in [1.54, 1.807) is 11.3 Å². The monoisotopic (exact) mass is 406 g/mol. The van der Waals surface area contributed by atoms with E-state index in [0.29, 0.717) is 11.6 Å². The summed E-state index contributed by atoms with van der Waals surface area (Å²) in [7, 11) is 0. The third-order valence-corrected chi connectivity index (χ3v) is 6.04. The lowest BCUT2D eigenvalue weighted by atomic mass is 10.1. The number of benzene rings is 2. The second-order valence-corrected chi connectivity index (χ2v) is 8.35. The number of nitrogens with zero attached hydrogens (tertiary/aromatic N) is 3. The largest absolute Gasteiger partial charge is 0.351 e. The predicted molar refractivity (Wildman–Crippen MR) is 114 cm³/mol. The summed E-state index contributed by atoms with van der Waals surface area (Å²) in [5.41, 5.74) is 3.74. The minimum Gasteiger partial charge on any atom is -0.351 e. The Morgan fingerprint density at radius 1 is 1.04 bits per heavy atom. The van der Waals surface area contributed by atoms with Gasteiger partial charge in [0.25, 0.3) is 0 Å². The Balaban J connectivity index is 1.49. The molecule has 0 aliphatic heterocycles. The first kappa shape index (κ1) is 18.6. The van der Waals surface area contributed by atoms with Crippen LogP contribution in [0.15, 0.2) is 65.7 Å². The average molecular weight is 407 g/mol. The van der Waals surface area contributed by atoms with E-state index in [1.807, 2.05) is 67.6 Å². The Kier molecular flexibility index (Phi) is 5.64. The van der Waals surface area contributed by atoms with Gasteiger partial charge in [0, 0.05) is 12.1 Å². The normalized spacial score (nSPS) is 10.9. The van der Waals surface area contributed by atoms with Gasteiger partial charge >= 0.3 is 0 Å². The maximum Gasteiger partial charge on any atom is 0.230 e. The molecule has 2 aromatic carbocycles. The first-order valence-electron chi connectivity index (χ1n) is 8.83. The van der Waals surface area contributed by atoms with Gasteiger partial charge in [-0.1, -0.05) is 72.4 Å². The fourth-order valence-electron chi connectivity index (χ4n) is 2.78. The van der Waals surface area contributed by atoms with E-state index in [9.17, 15) is 4.79 Å². The molecule has 0 aliphatic carbocycles. The van der Waals surface area contributed by atoms with E-state index in [-0.39, 0.29) is 11.7 Å². The van der Waals surface area contributed by atoms with Gasteiger partial charge in [0.2, 0.25) is 5.91 Å². The van der Waals surface area contributed by atoms with Crippen molar-refractivity contribution in [2.75, 3.05) is 5.75 Å². The van der Waals surface area contributed by atoms with Crippen LogP contribution < -0.4 is 5.32 Å². The summed E-state index contributed by atoms with van der Waals surface area (Å²) < 4.78 is 1.01. The molecule has 140 valence electrons. The number of fused-ring (bicyclic) bond motifs is 1. The van der Waals surface area contributed by atoms with E-state index >= 15 is 0 Å². The van der Waals surface area contributed by atoms with Crippen LogP contribution in [0.5, 0.6) is 0 Å². The first-order chi connectivity index (χ1) is 13.7. The van der Waals surface area contributed by atoms with Crippen molar-refractivity contribution in [1.29, 1.82) is 0 Å². The van der Waals surface area contributed by atoms with Gasteiger partial charge in [-0.05, 0) is 12.5 Å². The second kappa shape index (κ2) is 8.50. The lowest BCUT2D eigenvalue weighted by Crippen LogP contribution is -2.24. The lowest BCUT2D eigenvalue weighted by molar-refractivity contribution is -0.118. The van der Waals surface area contributed by atoms with Crippen LogP contribution in [0.3, 0.4) is 0 Å². The number of amides is 1. The van der Waals surface area contributed by atoms with Crippen molar-refractivity contribution in [3.63, 3.8) is 0 Å². The molecule has 5 nitrogen and oxygen atoms in total. The van der Waals surface area contributed by atoms with Gasteiger partial charge in [-0.15, -0.1) is 21.5 Å². The van der Waals surface area contributed by atoms with Gasteiger partial charge in [-0.25, -0.2) is 4.98 Å². The molecule has 0 spiro atoms. The third kappa shape index (κ3) is 4.21. The van der Waals surface area contributed by atoms with Gasteiger partial charge in [-0.3, -0.25) is 4.79 Å². The number of aromatic nitrogens is 3. The number of thioether (sulfide) groups is 1. The maximum absolute atomic E-state index is 12.2. The predicted octanol–water partition coefficient (Wildman–Crippen LogP) is 4.47. The van der Waals surface area contributed by atoms with Crippen molar-refractivity contribution >= 4 is 39.2 Å². The molecule has 2 heterocycles. The smallest absolute Gasteiger partial charge is 0.230 e. The zero-order valence-electron chi connectivity index (χ0n) is 15.3. The summed E-state index contributed by atoms with van der Waals surface area (Å²) in [5.74, 6) is 0.237. The Labute approximate surface area is 171 Å². The Morgan fingerprint density at radius 2 is 1.75 bits per heavy atom. The van der Waals surface area contributed by atoms with Crippen LogP contribution in [0, 0.1) is 6.92 Å². The van der Waals surface area contributed by atoms with E-state index in [2.05, 4.69) is 20.5 Å². The SMILES string of the molecule is Cc1nc2c(SCC(=O)NCc3ccccc3)nnc(-c3ccccc3)c2s1. The van der Waals surface area contributed by atoms with E-state index in [1.165, 1.54) is 11.8 Å². The number of rotatable bonds is 6. The van der Waals surface area contributed by atoms with Crippen molar-refractivity contribution in [1.82, 2.24) is 20.5 Å². The highest BCUT2D eigenvalue weighted by molar-refractivity contribution is 8.00. The molecule has 0 aliphatic rings. The van der Waals surface area contributed by atoms with Gasteiger partial charge in [-0.2, -0.15) is 0 Å².